The Kier molecular flexibility index (Phi) is 3.47. The van der Waals surface area contributed by atoms with Crippen molar-refractivity contribution in [2.75, 3.05) is 7.05 Å². The summed E-state index contributed by atoms with van der Waals surface area (Å²) >= 11 is 0. The van der Waals surface area contributed by atoms with E-state index >= 15 is 0 Å². The SMILES string of the molecule is C=C(C)C(NC)c1cc(C)nn1CC. The quantitative estimate of drug-likeness (QED) is 0.742. The lowest BCUT2D eigenvalue weighted by Gasteiger charge is -2.17. The summed E-state index contributed by atoms with van der Waals surface area (Å²) in [6, 6.07) is 2.32. The molecule has 1 aromatic rings. The Labute approximate surface area is 85.8 Å². The second-order valence-electron chi connectivity index (χ2n) is 3.59. The van der Waals surface area contributed by atoms with Gasteiger partial charge >= 0.3 is 0 Å². The second-order valence-corrected chi connectivity index (χ2v) is 3.59. The van der Waals surface area contributed by atoms with E-state index in [1.807, 2.05) is 25.6 Å². The van der Waals surface area contributed by atoms with E-state index < -0.39 is 0 Å². The van der Waals surface area contributed by atoms with Crippen LogP contribution in [0.2, 0.25) is 0 Å². The molecule has 0 aliphatic carbocycles. The van der Waals surface area contributed by atoms with Crippen LogP contribution in [0.1, 0.15) is 31.3 Å². The molecule has 3 nitrogen and oxygen atoms in total. The molecule has 0 aromatic carbocycles. The molecule has 1 heterocycles. The number of aromatic nitrogens is 2. The topological polar surface area (TPSA) is 29.9 Å². The van der Waals surface area contributed by atoms with Crippen LogP contribution >= 0.6 is 0 Å². The molecule has 14 heavy (non-hydrogen) atoms. The lowest BCUT2D eigenvalue weighted by Crippen LogP contribution is -2.20. The van der Waals surface area contributed by atoms with E-state index in [0.717, 1.165) is 17.8 Å². The second kappa shape index (κ2) is 4.42. The first-order valence-electron chi connectivity index (χ1n) is 4.97. The monoisotopic (exact) mass is 193 g/mol. The van der Waals surface area contributed by atoms with Crippen LogP contribution in [0.25, 0.3) is 0 Å². The molecule has 0 bridgehead atoms. The van der Waals surface area contributed by atoms with Crippen molar-refractivity contribution < 1.29 is 0 Å². The third kappa shape index (κ3) is 2.04. The van der Waals surface area contributed by atoms with Crippen LogP contribution in [0.4, 0.5) is 0 Å². The van der Waals surface area contributed by atoms with Crippen LogP contribution in [-0.2, 0) is 6.54 Å². The molecule has 0 fully saturated rings. The van der Waals surface area contributed by atoms with Crippen LogP contribution in [0.3, 0.4) is 0 Å². The summed E-state index contributed by atoms with van der Waals surface area (Å²) in [6.45, 7) is 11.0. The van der Waals surface area contributed by atoms with Gasteiger partial charge in [0.05, 0.1) is 17.4 Å². The third-order valence-electron chi connectivity index (χ3n) is 2.31. The molecule has 0 saturated heterocycles. The first-order chi connectivity index (χ1) is 6.60. The number of likely N-dealkylation sites (N-methyl/N-ethyl adjacent to an activating group) is 1. The van der Waals surface area contributed by atoms with Crippen LogP contribution in [0.15, 0.2) is 18.2 Å². The van der Waals surface area contributed by atoms with Gasteiger partial charge in [-0.15, -0.1) is 0 Å². The van der Waals surface area contributed by atoms with E-state index in [-0.39, 0.29) is 6.04 Å². The molecule has 78 valence electrons. The summed E-state index contributed by atoms with van der Waals surface area (Å²) in [5.74, 6) is 0. The average molecular weight is 193 g/mol. The van der Waals surface area contributed by atoms with E-state index in [2.05, 4.69) is 30.0 Å². The highest BCUT2D eigenvalue weighted by Gasteiger charge is 2.15. The molecule has 0 aliphatic rings. The van der Waals surface area contributed by atoms with Gasteiger partial charge in [-0.05, 0) is 33.9 Å². The molecule has 0 aliphatic heterocycles. The summed E-state index contributed by atoms with van der Waals surface area (Å²) in [6.07, 6.45) is 0. The normalized spacial score (nSPS) is 12.9. The molecular formula is C11H19N3. The molecule has 0 radical (unpaired) electrons. The molecule has 1 unspecified atom stereocenters. The fourth-order valence-electron chi connectivity index (χ4n) is 1.70. The molecule has 0 spiro atoms. The van der Waals surface area contributed by atoms with Crippen LogP contribution in [-0.4, -0.2) is 16.8 Å². The van der Waals surface area contributed by atoms with Crippen molar-refractivity contribution >= 4 is 0 Å². The molecule has 1 N–H and O–H groups in total. The molecule has 1 rings (SSSR count). The van der Waals surface area contributed by atoms with Crippen LogP contribution < -0.4 is 5.32 Å². The summed E-state index contributed by atoms with van der Waals surface area (Å²) in [4.78, 5) is 0. The highest BCUT2D eigenvalue weighted by Crippen LogP contribution is 2.20. The number of rotatable bonds is 4. The molecule has 0 saturated carbocycles. The minimum atomic E-state index is 0.205. The summed E-state index contributed by atoms with van der Waals surface area (Å²) in [5, 5.41) is 7.66. The Bertz CT molecular complexity index is 325. The zero-order valence-electron chi connectivity index (χ0n) is 9.46. The van der Waals surface area contributed by atoms with Crippen molar-refractivity contribution in [1.29, 1.82) is 0 Å². The van der Waals surface area contributed by atoms with Gasteiger partial charge in [-0.3, -0.25) is 4.68 Å². The standard InChI is InChI=1S/C11H19N3/c1-6-14-10(7-9(4)13-14)11(12-5)8(2)3/h7,11-12H,2,6H2,1,3-5H3. The fraction of sp³-hybridized carbons (Fsp3) is 0.545. The van der Waals surface area contributed by atoms with E-state index in [0.29, 0.717) is 0 Å². The number of hydrogen-bond acceptors (Lipinski definition) is 2. The van der Waals surface area contributed by atoms with Gasteiger partial charge in [0, 0.05) is 6.54 Å². The zero-order chi connectivity index (χ0) is 10.7. The summed E-state index contributed by atoms with van der Waals surface area (Å²) < 4.78 is 2.02. The average Bonchev–Trinajstić information content (AvgIpc) is 2.47. The fourth-order valence-corrected chi connectivity index (χ4v) is 1.70. The molecule has 3 heteroatoms. The van der Waals surface area contributed by atoms with Gasteiger partial charge in [0.25, 0.3) is 0 Å². The van der Waals surface area contributed by atoms with Gasteiger partial charge in [-0.25, -0.2) is 0 Å². The first kappa shape index (κ1) is 11.0. The maximum Gasteiger partial charge on any atom is 0.0700 e. The predicted molar refractivity (Wildman–Crippen MR) is 59.3 cm³/mol. The highest BCUT2D eigenvalue weighted by atomic mass is 15.3. The van der Waals surface area contributed by atoms with E-state index in [4.69, 9.17) is 0 Å². The highest BCUT2D eigenvalue weighted by molar-refractivity contribution is 5.21. The van der Waals surface area contributed by atoms with Crippen molar-refractivity contribution in [3.8, 4) is 0 Å². The smallest absolute Gasteiger partial charge is 0.0700 e. The van der Waals surface area contributed by atoms with Gasteiger partial charge in [0.1, 0.15) is 0 Å². The van der Waals surface area contributed by atoms with Gasteiger partial charge in [-0.2, -0.15) is 5.10 Å². The van der Waals surface area contributed by atoms with Crippen molar-refractivity contribution in [3.05, 3.63) is 29.6 Å². The first-order valence-corrected chi connectivity index (χ1v) is 4.97. The molecular weight excluding hydrogens is 174 g/mol. The van der Waals surface area contributed by atoms with Crippen molar-refractivity contribution in [1.82, 2.24) is 15.1 Å². The largest absolute Gasteiger partial charge is 0.308 e. The number of hydrogen-bond donors (Lipinski definition) is 1. The van der Waals surface area contributed by atoms with Crippen LogP contribution in [0, 0.1) is 6.92 Å². The maximum atomic E-state index is 4.42. The summed E-state index contributed by atoms with van der Waals surface area (Å²) in [7, 11) is 1.95. The van der Waals surface area contributed by atoms with E-state index in [1.165, 1.54) is 5.69 Å². The lowest BCUT2D eigenvalue weighted by atomic mass is 10.1. The minimum Gasteiger partial charge on any atom is -0.308 e. The van der Waals surface area contributed by atoms with Gasteiger partial charge in [-0.1, -0.05) is 12.2 Å². The minimum absolute atomic E-state index is 0.205. The van der Waals surface area contributed by atoms with Crippen molar-refractivity contribution in [2.45, 2.75) is 33.4 Å². The Morgan fingerprint density at radius 2 is 2.36 bits per heavy atom. The Hall–Kier alpha value is -1.09. The van der Waals surface area contributed by atoms with Crippen LogP contribution in [0.5, 0.6) is 0 Å². The lowest BCUT2D eigenvalue weighted by molar-refractivity contribution is 0.557. The molecule has 1 atom stereocenters. The van der Waals surface area contributed by atoms with Crippen molar-refractivity contribution in [3.63, 3.8) is 0 Å². The van der Waals surface area contributed by atoms with E-state index in [9.17, 15) is 0 Å². The van der Waals surface area contributed by atoms with E-state index in [1.54, 1.807) is 0 Å². The summed E-state index contributed by atoms with van der Waals surface area (Å²) in [5.41, 5.74) is 3.37. The Morgan fingerprint density at radius 3 is 2.79 bits per heavy atom. The molecule has 1 aromatic heterocycles. The third-order valence-corrected chi connectivity index (χ3v) is 2.31. The molecule has 0 amide bonds. The van der Waals surface area contributed by atoms with Gasteiger partial charge in [0.15, 0.2) is 0 Å². The van der Waals surface area contributed by atoms with Gasteiger partial charge < -0.3 is 5.32 Å². The zero-order valence-corrected chi connectivity index (χ0v) is 9.46. The number of aryl methyl sites for hydroxylation is 2. The number of nitrogens with zero attached hydrogens (tertiary/aromatic N) is 2. The van der Waals surface area contributed by atoms with Crippen molar-refractivity contribution in [2.24, 2.45) is 0 Å². The van der Waals surface area contributed by atoms with Gasteiger partial charge in [0.2, 0.25) is 0 Å². The maximum absolute atomic E-state index is 4.42. The number of nitrogens with one attached hydrogen (secondary N) is 1. The Morgan fingerprint density at radius 1 is 1.71 bits per heavy atom. The Balaban J connectivity index is 3.08. The predicted octanol–water partition coefficient (Wildman–Crippen LogP) is 2.05.